The number of carbonyl (C=O) groups excluding carboxylic acids is 1. The van der Waals surface area contributed by atoms with Gasteiger partial charge < -0.3 is 9.64 Å². The lowest BCUT2D eigenvalue weighted by Gasteiger charge is -2.32. The topological polar surface area (TPSA) is 92.7 Å². The van der Waals surface area contributed by atoms with Gasteiger partial charge in [-0.3, -0.25) is 4.79 Å². The highest BCUT2D eigenvalue weighted by atomic mass is 32.2. The van der Waals surface area contributed by atoms with Gasteiger partial charge in [0.1, 0.15) is 12.4 Å². The first-order chi connectivity index (χ1) is 12.9. The van der Waals surface area contributed by atoms with Crippen LogP contribution in [-0.2, 0) is 10.0 Å². The van der Waals surface area contributed by atoms with Gasteiger partial charge in [0.15, 0.2) is 0 Å². The SMILES string of the molecule is CN(C)S(=O)(=O)c1ccc(C(=O)N2CCCC(Oc3ccncn3)C2)cc1. The lowest BCUT2D eigenvalue weighted by atomic mass is 10.1. The number of nitrogens with zero attached hydrogens (tertiary/aromatic N) is 4. The average Bonchev–Trinajstić information content (AvgIpc) is 2.68. The Labute approximate surface area is 158 Å². The Kier molecular flexibility index (Phi) is 5.71. The summed E-state index contributed by atoms with van der Waals surface area (Å²) in [7, 11) is -0.567. The van der Waals surface area contributed by atoms with Crippen LogP contribution in [0.2, 0.25) is 0 Å². The zero-order chi connectivity index (χ0) is 19.4. The van der Waals surface area contributed by atoms with Crippen molar-refractivity contribution in [2.45, 2.75) is 23.8 Å². The molecular weight excluding hydrogens is 368 g/mol. The smallest absolute Gasteiger partial charge is 0.253 e. The van der Waals surface area contributed by atoms with Crippen molar-refractivity contribution in [3.8, 4) is 5.88 Å². The molecule has 0 aliphatic carbocycles. The Bertz CT molecular complexity index is 885. The fourth-order valence-electron chi connectivity index (χ4n) is 2.90. The molecule has 0 spiro atoms. The molecule has 1 fully saturated rings. The third-order valence-corrected chi connectivity index (χ3v) is 6.22. The molecule has 1 aromatic heterocycles. The molecule has 3 rings (SSSR count). The highest BCUT2D eigenvalue weighted by molar-refractivity contribution is 7.89. The first kappa shape index (κ1) is 19.2. The fraction of sp³-hybridized carbons (Fsp3) is 0.389. The molecular formula is C18H22N4O4S. The molecule has 1 aliphatic rings. The maximum atomic E-state index is 12.8. The van der Waals surface area contributed by atoms with E-state index >= 15 is 0 Å². The lowest BCUT2D eigenvalue weighted by Crippen LogP contribution is -2.44. The monoisotopic (exact) mass is 390 g/mol. The van der Waals surface area contributed by atoms with Crippen molar-refractivity contribution in [3.63, 3.8) is 0 Å². The minimum Gasteiger partial charge on any atom is -0.472 e. The summed E-state index contributed by atoms with van der Waals surface area (Å²) in [5, 5.41) is 0. The number of hydrogen-bond acceptors (Lipinski definition) is 6. The van der Waals surface area contributed by atoms with E-state index in [-0.39, 0.29) is 16.9 Å². The average molecular weight is 390 g/mol. The lowest BCUT2D eigenvalue weighted by molar-refractivity contribution is 0.0527. The highest BCUT2D eigenvalue weighted by Crippen LogP contribution is 2.19. The van der Waals surface area contributed by atoms with Gasteiger partial charge in [0.25, 0.3) is 5.91 Å². The summed E-state index contributed by atoms with van der Waals surface area (Å²) in [6.45, 7) is 1.10. The van der Waals surface area contributed by atoms with Gasteiger partial charge in [-0.1, -0.05) is 0 Å². The first-order valence-corrected chi connectivity index (χ1v) is 10.1. The molecule has 0 radical (unpaired) electrons. The number of rotatable bonds is 5. The molecule has 1 aliphatic heterocycles. The van der Waals surface area contributed by atoms with E-state index in [2.05, 4.69) is 9.97 Å². The number of ether oxygens (including phenoxy) is 1. The maximum absolute atomic E-state index is 12.8. The predicted molar refractivity (Wildman–Crippen MR) is 98.9 cm³/mol. The Morgan fingerprint density at radius 3 is 2.59 bits per heavy atom. The fourth-order valence-corrected chi connectivity index (χ4v) is 3.80. The quantitative estimate of drug-likeness (QED) is 0.766. The van der Waals surface area contributed by atoms with E-state index in [0.717, 1.165) is 17.1 Å². The minimum absolute atomic E-state index is 0.133. The molecule has 9 heteroatoms. The van der Waals surface area contributed by atoms with Gasteiger partial charge in [-0.2, -0.15) is 0 Å². The van der Waals surface area contributed by atoms with Crippen molar-refractivity contribution >= 4 is 15.9 Å². The van der Waals surface area contributed by atoms with Gasteiger partial charge in [-0.25, -0.2) is 22.7 Å². The zero-order valence-electron chi connectivity index (χ0n) is 15.3. The number of aromatic nitrogens is 2. The van der Waals surface area contributed by atoms with E-state index in [9.17, 15) is 13.2 Å². The Morgan fingerprint density at radius 2 is 1.96 bits per heavy atom. The van der Waals surface area contributed by atoms with E-state index in [1.807, 2.05) is 0 Å². The van der Waals surface area contributed by atoms with E-state index in [4.69, 9.17) is 4.74 Å². The minimum atomic E-state index is -3.51. The van der Waals surface area contributed by atoms with Crippen molar-refractivity contribution < 1.29 is 17.9 Å². The second-order valence-corrected chi connectivity index (χ2v) is 8.64. The van der Waals surface area contributed by atoms with Crippen LogP contribution in [0.3, 0.4) is 0 Å². The van der Waals surface area contributed by atoms with Crippen LogP contribution < -0.4 is 4.74 Å². The van der Waals surface area contributed by atoms with Crippen LogP contribution >= 0.6 is 0 Å². The third-order valence-electron chi connectivity index (χ3n) is 4.39. The van der Waals surface area contributed by atoms with Gasteiger partial charge in [0, 0.05) is 38.5 Å². The molecule has 1 atom stereocenters. The summed E-state index contributed by atoms with van der Waals surface area (Å²) in [4.78, 5) is 22.6. The van der Waals surface area contributed by atoms with Crippen LogP contribution in [0, 0.1) is 0 Å². The van der Waals surface area contributed by atoms with Gasteiger partial charge >= 0.3 is 0 Å². The van der Waals surface area contributed by atoms with Crippen molar-refractivity contribution in [1.82, 2.24) is 19.2 Å². The summed E-state index contributed by atoms with van der Waals surface area (Å²) < 4.78 is 31.2. The zero-order valence-corrected chi connectivity index (χ0v) is 16.1. The number of benzene rings is 1. The van der Waals surface area contributed by atoms with Gasteiger partial charge in [-0.05, 0) is 37.1 Å². The maximum Gasteiger partial charge on any atom is 0.253 e. The van der Waals surface area contributed by atoms with E-state index in [0.29, 0.717) is 24.5 Å². The Balaban J connectivity index is 1.68. The molecule has 0 N–H and O–H groups in total. The summed E-state index contributed by atoms with van der Waals surface area (Å²) in [6, 6.07) is 7.70. The number of sulfonamides is 1. The van der Waals surface area contributed by atoms with Crippen molar-refractivity contribution in [2.24, 2.45) is 0 Å². The molecule has 27 heavy (non-hydrogen) atoms. The summed E-state index contributed by atoms with van der Waals surface area (Å²) in [5.41, 5.74) is 0.454. The molecule has 2 heterocycles. The molecule has 1 amide bonds. The molecule has 1 unspecified atom stereocenters. The summed E-state index contributed by atoms with van der Waals surface area (Å²) in [6.07, 6.45) is 4.57. The number of piperidine rings is 1. The van der Waals surface area contributed by atoms with E-state index < -0.39 is 10.0 Å². The van der Waals surface area contributed by atoms with Crippen LogP contribution in [0.15, 0.2) is 47.8 Å². The van der Waals surface area contributed by atoms with Gasteiger partial charge in [-0.15, -0.1) is 0 Å². The molecule has 1 aromatic carbocycles. The standard InChI is InChI=1S/C18H22N4O4S/c1-21(2)27(24,25)16-7-5-14(6-8-16)18(23)22-11-3-4-15(12-22)26-17-9-10-19-13-20-17/h5-10,13,15H,3-4,11-12H2,1-2H3. The molecule has 8 nitrogen and oxygen atoms in total. The van der Waals surface area contributed by atoms with Crippen LogP contribution in [0.4, 0.5) is 0 Å². The highest BCUT2D eigenvalue weighted by Gasteiger charge is 2.26. The van der Waals surface area contributed by atoms with E-state index in [1.54, 1.807) is 29.3 Å². The number of carbonyl (C=O) groups is 1. The van der Waals surface area contributed by atoms with Crippen LogP contribution in [-0.4, -0.2) is 66.8 Å². The number of likely N-dealkylation sites (tertiary alicyclic amines) is 1. The van der Waals surface area contributed by atoms with E-state index in [1.165, 1.54) is 32.6 Å². The van der Waals surface area contributed by atoms with Crippen LogP contribution in [0.1, 0.15) is 23.2 Å². The van der Waals surface area contributed by atoms with Gasteiger partial charge in [0.05, 0.1) is 11.4 Å². The largest absolute Gasteiger partial charge is 0.472 e. The van der Waals surface area contributed by atoms with Crippen LogP contribution in [0.25, 0.3) is 0 Å². The number of amides is 1. The van der Waals surface area contributed by atoms with Crippen molar-refractivity contribution in [2.75, 3.05) is 27.2 Å². The molecule has 144 valence electrons. The van der Waals surface area contributed by atoms with Crippen molar-refractivity contribution in [1.29, 1.82) is 0 Å². The van der Waals surface area contributed by atoms with Gasteiger partial charge in [0.2, 0.25) is 15.9 Å². The molecule has 0 saturated carbocycles. The number of hydrogen-bond donors (Lipinski definition) is 0. The molecule has 0 bridgehead atoms. The Morgan fingerprint density at radius 1 is 1.22 bits per heavy atom. The second-order valence-electron chi connectivity index (χ2n) is 6.49. The first-order valence-electron chi connectivity index (χ1n) is 8.62. The normalized spacial score (nSPS) is 17.7. The van der Waals surface area contributed by atoms with Crippen molar-refractivity contribution in [3.05, 3.63) is 48.4 Å². The second kappa shape index (κ2) is 8.01. The Hall–Kier alpha value is -2.52. The summed E-state index contributed by atoms with van der Waals surface area (Å²) in [5.74, 6) is 0.349. The molecule has 1 saturated heterocycles. The molecule has 2 aromatic rings. The third kappa shape index (κ3) is 4.42. The summed E-state index contributed by atoms with van der Waals surface area (Å²) >= 11 is 0. The van der Waals surface area contributed by atoms with Crippen LogP contribution in [0.5, 0.6) is 5.88 Å². The predicted octanol–water partition coefficient (Wildman–Crippen LogP) is 1.41.